The Morgan fingerprint density at radius 3 is 2.68 bits per heavy atom. The maximum Gasteiger partial charge on any atom is 0.239 e. The first-order chi connectivity index (χ1) is 11.9. The molecule has 1 N–H and O–H groups in total. The Morgan fingerprint density at radius 2 is 1.96 bits per heavy atom. The van der Waals surface area contributed by atoms with Crippen LogP contribution < -0.4 is 10.1 Å². The molecule has 0 bridgehead atoms. The van der Waals surface area contributed by atoms with Crippen LogP contribution in [0.2, 0.25) is 0 Å². The highest BCUT2D eigenvalue weighted by atomic mass is 32.2. The Hall–Kier alpha value is -2.85. The molecule has 0 aliphatic carbocycles. The molecule has 2 aromatic rings. The molecule has 0 atom stereocenters. The van der Waals surface area contributed by atoms with Gasteiger partial charge in [0.15, 0.2) is 9.84 Å². The minimum Gasteiger partial charge on any atom is -0.492 e. The van der Waals surface area contributed by atoms with Gasteiger partial charge in [-0.15, -0.1) is 0 Å². The van der Waals surface area contributed by atoms with Gasteiger partial charge < -0.3 is 10.1 Å². The second kappa shape index (κ2) is 8.31. The fourth-order valence-corrected chi connectivity index (χ4v) is 3.53. The lowest BCUT2D eigenvalue weighted by Crippen LogP contribution is -2.24. The summed E-state index contributed by atoms with van der Waals surface area (Å²) < 4.78 is 29.9. The SMILES string of the molecule is CCOc1ccccc1NC(=O)CS(=O)(=O)Cc1cccc(C#N)c1. The van der Waals surface area contributed by atoms with Gasteiger partial charge >= 0.3 is 0 Å². The smallest absolute Gasteiger partial charge is 0.239 e. The number of hydrogen-bond acceptors (Lipinski definition) is 5. The quantitative estimate of drug-likeness (QED) is 0.820. The molecule has 2 rings (SSSR count). The number of ether oxygens (including phenoxy) is 1. The van der Waals surface area contributed by atoms with Crippen molar-refractivity contribution in [3.8, 4) is 11.8 Å². The lowest BCUT2D eigenvalue weighted by molar-refractivity contribution is -0.113. The van der Waals surface area contributed by atoms with Gasteiger partial charge in [-0.3, -0.25) is 4.79 Å². The summed E-state index contributed by atoms with van der Waals surface area (Å²) in [6.07, 6.45) is 0. The van der Waals surface area contributed by atoms with Gasteiger partial charge in [-0.1, -0.05) is 24.3 Å². The predicted molar refractivity (Wildman–Crippen MR) is 94.9 cm³/mol. The Kier molecular flexibility index (Phi) is 6.14. The van der Waals surface area contributed by atoms with Crippen molar-refractivity contribution in [3.05, 3.63) is 59.7 Å². The predicted octanol–water partition coefficient (Wildman–Crippen LogP) is 2.51. The van der Waals surface area contributed by atoms with E-state index in [0.29, 0.717) is 29.2 Å². The molecule has 1 amide bonds. The van der Waals surface area contributed by atoms with E-state index in [4.69, 9.17) is 10.00 Å². The van der Waals surface area contributed by atoms with E-state index >= 15 is 0 Å². The van der Waals surface area contributed by atoms with Crippen LogP contribution in [0.15, 0.2) is 48.5 Å². The van der Waals surface area contributed by atoms with Gasteiger partial charge in [-0.05, 0) is 36.8 Å². The molecule has 0 aliphatic heterocycles. The Labute approximate surface area is 147 Å². The number of amides is 1. The summed E-state index contributed by atoms with van der Waals surface area (Å²) in [5.74, 6) is -1.10. The molecule has 0 unspecified atom stereocenters. The molecule has 25 heavy (non-hydrogen) atoms. The fourth-order valence-electron chi connectivity index (χ4n) is 2.27. The molecule has 6 nitrogen and oxygen atoms in total. The summed E-state index contributed by atoms with van der Waals surface area (Å²) >= 11 is 0. The van der Waals surface area contributed by atoms with Crippen molar-refractivity contribution in [2.45, 2.75) is 12.7 Å². The monoisotopic (exact) mass is 358 g/mol. The Bertz CT molecular complexity index is 901. The highest BCUT2D eigenvalue weighted by molar-refractivity contribution is 7.91. The second-order valence-corrected chi connectivity index (χ2v) is 7.39. The number of benzene rings is 2. The lowest BCUT2D eigenvalue weighted by atomic mass is 10.2. The highest BCUT2D eigenvalue weighted by Crippen LogP contribution is 2.23. The van der Waals surface area contributed by atoms with Gasteiger partial charge in [0, 0.05) is 0 Å². The van der Waals surface area contributed by atoms with E-state index in [2.05, 4.69) is 5.32 Å². The molecule has 130 valence electrons. The van der Waals surface area contributed by atoms with Crippen molar-refractivity contribution in [3.63, 3.8) is 0 Å². The Balaban J connectivity index is 2.05. The number of carbonyl (C=O) groups excluding carboxylic acids is 1. The van der Waals surface area contributed by atoms with Crippen molar-refractivity contribution >= 4 is 21.4 Å². The van der Waals surface area contributed by atoms with Crippen molar-refractivity contribution in [2.75, 3.05) is 17.7 Å². The van der Waals surface area contributed by atoms with Crippen molar-refractivity contribution in [2.24, 2.45) is 0 Å². The van der Waals surface area contributed by atoms with Gasteiger partial charge in [0.1, 0.15) is 11.5 Å². The summed E-state index contributed by atoms with van der Waals surface area (Å²) in [4.78, 5) is 12.1. The van der Waals surface area contributed by atoms with Gasteiger partial charge in [0.2, 0.25) is 5.91 Å². The molecular formula is C18H18N2O4S. The first-order valence-electron chi connectivity index (χ1n) is 7.64. The number of hydrogen-bond donors (Lipinski definition) is 1. The molecule has 0 fully saturated rings. The van der Waals surface area contributed by atoms with Crippen LogP contribution in [0.3, 0.4) is 0 Å². The molecule has 0 heterocycles. The number of para-hydroxylation sites is 2. The molecule has 0 saturated carbocycles. The number of sulfone groups is 1. The molecule has 0 spiro atoms. The average molecular weight is 358 g/mol. The first-order valence-corrected chi connectivity index (χ1v) is 9.47. The molecule has 0 saturated heterocycles. The molecule has 7 heteroatoms. The molecule has 0 aliphatic rings. The standard InChI is InChI=1S/C18H18N2O4S/c1-2-24-17-9-4-3-8-16(17)20-18(21)13-25(22,23)12-15-7-5-6-14(10-15)11-19/h3-10H,2,12-13H2,1H3,(H,20,21). The minimum absolute atomic E-state index is 0.303. The van der Waals surface area contributed by atoms with E-state index in [1.54, 1.807) is 42.5 Å². The normalized spacial score (nSPS) is 10.7. The third kappa shape index (κ3) is 5.62. The Morgan fingerprint density at radius 1 is 1.20 bits per heavy atom. The molecule has 0 aromatic heterocycles. The third-order valence-corrected chi connectivity index (χ3v) is 4.73. The van der Waals surface area contributed by atoms with E-state index in [1.165, 1.54) is 6.07 Å². The number of nitriles is 1. The summed E-state index contributed by atoms with van der Waals surface area (Å²) in [5, 5.41) is 11.4. The van der Waals surface area contributed by atoms with E-state index in [1.807, 2.05) is 13.0 Å². The van der Waals surface area contributed by atoms with Crippen molar-refractivity contribution in [1.29, 1.82) is 5.26 Å². The van der Waals surface area contributed by atoms with E-state index in [-0.39, 0.29) is 5.75 Å². The van der Waals surface area contributed by atoms with E-state index in [0.717, 1.165) is 0 Å². The van der Waals surface area contributed by atoms with E-state index in [9.17, 15) is 13.2 Å². The minimum atomic E-state index is -3.67. The molecule has 0 radical (unpaired) electrons. The highest BCUT2D eigenvalue weighted by Gasteiger charge is 2.18. The topological polar surface area (TPSA) is 96.3 Å². The van der Waals surface area contributed by atoms with Crippen LogP contribution in [0.1, 0.15) is 18.1 Å². The number of carbonyl (C=O) groups is 1. The van der Waals surface area contributed by atoms with Crippen LogP contribution in [-0.2, 0) is 20.4 Å². The van der Waals surface area contributed by atoms with Crippen LogP contribution in [0.25, 0.3) is 0 Å². The number of nitrogens with one attached hydrogen (secondary N) is 1. The third-order valence-electron chi connectivity index (χ3n) is 3.25. The van der Waals surface area contributed by atoms with Crippen molar-refractivity contribution < 1.29 is 17.9 Å². The zero-order chi connectivity index (χ0) is 18.3. The largest absolute Gasteiger partial charge is 0.492 e. The van der Waals surface area contributed by atoms with Crippen LogP contribution in [0, 0.1) is 11.3 Å². The van der Waals surface area contributed by atoms with Gasteiger partial charge in [0.05, 0.1) is 29.7 Å². The molecule has 2 aromatic carbocycles. The molecular weight excluding hydrogens is 340 g/mol. The average Bonchev–Trinajstić information content (AvgIpc) is 2.56. The second-order valence-electron chi connectivity index (χ2n) is 5.32. The van der Waals surface area contributed by atoms with Crippen LogP contribution in [0.4, 0.5) is 5.69 Å². The van der Waals surface area contributed by atoms with Gasteiger partial charge in [-0.25, -0.2) is 8.42 Å². The van der Waals surface area contributed by atoms with Crippen LogP contribution >= 0.6 is 0 Å². The van der Waals surface area contributed by atoms with Crippen molar-refractivity contribution in [1.82, 2.24) is 0 Å². The summed E-state index contributed by atoms with van der Waals surface area (Å²) in [5.41, 5.74) is 1.28. The number of nitrogens with zero attached hydrogens (tertiary/aromatic N) is 1. The first kappa shape index (κ1) is 18.5. The summed E-state index contributed by atoms with van der Waals surface area (Å²) in [6.45, 7) is 2.25. The maximum absolute atomic E-state index is 12.2. The zero-order valence-electron chi connectivity index (χ0n) is 13.7. The van der Waals surface area contributed by atoms with Crippen LogP contribution in [-0.4, -0.2) is 26.7 Å². The number of rotatable bonds is 7. The van der Waals surface area contributed by atoms with E-state index < -0.39 is 21.5 Å². The summed E-state index contributed by atoms with van der Waals surface area (Å²) in [7, 11) is -3.67. The van der Waals surface area contributed by atoms with Gasteiger partial charge in [-0.2, -0.15) is 5.26 Å². The van der Waals surface area contributed by atoms with Crippen LogP contribution in [0.5, 0.6) is 5.75 Å². The summed E-state index contributed by atoms with van der Waals surface area (Å²) in [6, 6.07) is 15.1. The zero-order valence-corrected chi connectivity index (χ0v) is 14.5. The fraction of sp³-hybridized carbons (Fsp3) is 0.222. The maximum atomic E-state index is 12.2. The lowest BCUT2D eigenvalue weighted by Gasteiger charge is -2.11. The number of anilines is 1. The van der Waals surface area contributed by atoms with Gasteiger partial charge in [0.25, 0.3) is 0 Å².